The fourth-order valence-electron chi connectivity index (χ4n) is 2.71. The van der Waals surface area contributed by atoms with Gasteiger partial charge in [0.25, 0.3) is 0 Å². The molecule has 1 nitrogen and oxygen atoms in total. The average molecular weight is 244 g/mol. The van der Waals surface area contributed by atoms with Crippen molar-refractivity contribution in [1.29, 1.82) is 0 Å². The second-order valence-corrected chi connectivity index (χ2v) is 5.09. The van der Waals surface area contributed by atoms with Crippen molar-refractivity contribution in [2.45, 2.75) is 19.3 Å². The van der Waals surface area contributed by atoms with Crippen LogP contribution in [0.5, 0.6) is 0 Å². The van der Waals surface area contributed by atoms with Crippen molar-refractivity contribution in [2.24, 2.45) is 10.9 Å². The molecular formula is C15H14ClN. The Labute approximate surface area is 107 Å². The molecule has 1 atom stereocenters. The van der Waals surface area contributed by atoms with Gasteiger partial charge >= 0.3 is 0 Å². The summed E-state index contributed by atoms with van der Waals surface area (Å²) in [6, 6.07) is 6.13. The van der Waals surface area contributed by atoms with Crippen LogP contribution in [0, 0.1) is 5.92 Å². The Kier molecular flexibility index (Phi) is 2.64. The summed E-state index contributed by atoms with van der Waals surface area (Å²) in [4.78, 5) is 4.26. The van der Waals surface area contributed by atoms with Crippen molar-refractivity contribution in [1.82, 2.24) is 0 Å². The molecule has 0 radical (unpaired) electrons. The second kappa shape index (κ2) is 4.15. The summed E-state index contributed by atoms with van der Waals surface area (Å²) in [5, 5.41) is 0.812. The van der Waals surface area contributed by atoms with Crippen LogP contribution in [-0.4, -0.2) is 6.21 Å². The molecule has 0 saturated heterocycles. The van der Waals surface area contributed by atoms with Crippen LogP contribution in [0.25, 0.3) is 5.57 Å². The van der Waals surface area contributed by atoms with Gasteiger partial charge in [-0.3, -0.25) is 4.99 Å². The number of aliphatic imine (C=N–C) groups is 1. The minimum atomic E-state index is 0.440. The lowest BCUT2D eigenvalue weighted by atomic mass is 9.85. The first-order valence-electron chi connectivity index (χ1n) is 5.94. The third kappa shape index (κ3) is 1.85. The van der Waals surface area contributed by atoms with Gasteiger partial charge in [-0.1, -0.05) is 24.2 Å². The van der Waals surface area contributed by atoms with Crippen LogP contribution < -0.4 is 0 Å². The van der Waals surface area contributed by atoms with Crippen LogP contribution in [0.1, 0.15) is 24.0 Å². The van der Waals surface area contributed by atoms with Gasteiger partial charge in [0.1, 0.15) is 0 Å². The van der Waals surface area contributed by atoms with Gasteiger partial charge in [-0.15, -0.1) is 0 Å². The van der Waals surface area contributed by atoms with E-state index in [1.54, 1.807) is 0 Å². The highest BCUT2D eigenvalue weighted by molar-refractivity contribution is 6.30. The predicted octanol–water partition coefficient (Wildman–Crippen LogP) is 4.27. The molecule has 2 aliphatic rings. The number of benzene rings is 1. The van der Waals surface area contributed by atoms with Gasteiger partial charge in [0, 0.05) is 23.4 Å². The molecule has 2 heteroatoms. The largest absolute Gasteiger partial charge is 0.269 e. The fourth-order valence-corrected chi connectivity index (χ4v) is 2.90. The van der Waals surface area contributed by atoms with Crippen LogP contribution >= 0.6 is 11.6 Å². The Balaban J connectivity index is 2.08. The van der Waals surface area contributed by atoms with E-state index in [1.165, 1.54) is 22.3 Å². The Morgan fingerprint density at radius 1 is 1.29 bits per heavy atom. The number of halogens is 1. The third-order valence-corrected chi connectivity index (χ3v) is 3.89. The summed E-state index contributed by atoms with van der Waals surface area (Å²) in [5.41, 5.74) is 5.22. The third-order valence-electron chi connectivity index (χ3n) is 3.65. The lowest BCUT2D eigenvalue weighted by Gasteiger charge is -2.20. The Hall–Kier alpha value is -1.34. The maximum Gasteiger partial charge on any atom is 0.0409 e. The molecule has 1 aliphatic carbocycles. The lowest BCUT2D eigenvalue weighted by molar-refractivity contribution is 0.759. The molecule has 1 aromatic carbocycles. The SMILES string of the molecule is C=C1c2ccc(Cl)cc2CCC2=CN=CCC12. The van der Waals surface area contributed by atoms with E-state index in [0.717, 1.165) is 24.3 Å². The molecule has 1 heterocycles. The van der Waals surface area contributed by atoms with Crippen LogP contribution in [0.2, 0.25) is 5.02 Å². The van der Waals surface area contributed by atoms with E-state index in [2.05, 4.69) is 23.7 Å². The van der Waals surface area contributed by atoms with Gasteiger partial charge in [0.2, 0.25) is 0 Å². The molecule has 1 unspecified atom stereocenters. The smallest absolute Gasteiger partial charge is 0.0409 e. The van der Waals surface area contributed by atoms with E-state index >= 15 is 0 Å². The quantitative estimate of drug-likeness (QED) is 0.645. The summed E-state index contributed by atoms with van der Waals surface area (Å²) in [6.07, 6.45) is 7.07. The number of nitrogens with zero attached hydrogens (tertiary/aromatic N) is 1. The summed E-state index contributed by atoms with van der Waals surface area (Å²) in [6.45, 7) is 4.28. The lowest BCUT2D eigenvalue weighted by Crippen LogP contribution is -2.08. The molecule has 1 aliphatic heterocycles. The van der Waals surface area contributed by atoms with E-state index < -0.39 is 0 Å². The number of aryl methyl sites for hydroxylation is 1. The summed E-state index contributed by atoms with van der Waals surface area (Å²) < 4.78 is 0. The van der Waals surface area contributed by atoms with Crippen LogP contribution in [0.15, 0.2) is 41.5 Å². The monoisotopic (exact) mass is 243 g/mol. The standard InChI is InChI=1S/C15H14ClN/c1-10-14-5-4-13(16)8-11(14)2-3-12-9-17-7-6-15(10)12/h4-5,7-9,15H,1-3,6H2. The van der Waals surface area contributed by atoms with Crippen molar-refractivity contribution in [3.8, 4) is 0 Å². The summed E-state index contributed by atoms with van der Waals surface area (Å²) in [7, 11) is 0. The molecular weight excluding hydrogens is 230 g/mol. The molecule has 0 saturated carbocycles. The van der Waals surface area contributed by atoms with Crippen LogP contribution in [-0.2, 0) is 6.42 Å². The van der Waals surface area contributed by atoms with Gasteiger partial charge in [0.15, 0.2) is 0 Å². The van der Waals surface area contributed by atoms with Crippen LogP contribution in [0.3, 0.4) is 0 Å². The van der Waals surface area contributed by atoms with E-state index in [9.17, 15) is 0 Å². The van der Waals surface area contributed by atoms with E-state index in [1.807, 2.05) is 18.5 Å². The number of hydrogen-bond donors (Lipinski definition) is 0. The first-order valence-corrected chi connectivity index (χ1v) is 6.31. The number of hydrogen-bond acceptors (Lipinski definition) is 1. The highest BCUT2D eigenvalue weighted by Gasteiger charge is 2.25. The summed E-state index contributed by atoms with van der Waals surface area (Å²) in [5.74, 6) is 0.440. The predicted molar refractivity (Wildman–Crippen MR) is 73.5 cm³/mol. The maximum atomic E-state index is 6.06. The molecule has 0 aromatic heterocycles. The second-order valence-electron chi connectivity index (χ2n) is 4.65. The maximum absolute atomic E-state index is 6.06. The molecule has 1 aromatic rings. The minimum absolute atomic E-state index is 0.440. The van der Waals surface area contributed by atoms with Gasteiger partial charge in [-0.2, -0.15) is 0 Å². The van der Waals surface area contributed by atoms with E-state index in [0.29, 0.717) is 5.92 Å². The molecule has 3 rings (SSSR count). The highest BCUT2D eigenvalue weighted by atomic mass is 35.5. The normalized spacial score (nSPS) is 22.5. The average Bonchev–Trinajstić information content (AvgIpc) is 2.48. The molecule has 0 fully saturated rings. The number of rotatable bonds is 0. The Bertz CT molecular complexity index is 540. The van der Waals surface area contributed by atoms with E-state index in [4.69, 9.17) is 11.6 Å². The fraction of sp³-hybridized carbons (Fsp3) is 0.267. The van der Waals surface area contributed by atoms with Gasteiger partial charge < -0.3 is 0 Å². The molecule has 86 valence electrons. The van der Waals surface area contributed by atoms with Crippen molar-refractivity contribution < 1.29 is 0 Å². The first kappa shape index (κ1) is 10.8. The molecule has 0 N–H and O–H groups in total. The first-order chi connectivity index (χ1) is 8.25. The molecule has 0 bridgehead atoms. The Morgan fingerprint density at radius 2 is 2.18 bits per heavy atom. The minimum Gasteiger partial charge on any atom is -0.269 e. The molecule has 0 spiro atoms. The van der Waals surface area contributed by atoms with Crippen molar-refractivity contribution in [3.05, 3.63) is 52.7 Å². The van der Waals surface area contributed by atoms with Crippen molar-refractivity contribution >= 4 is 23.4 Å². The summed E-state index contributed by atoms with van der Waals surface area (Å²) >= 11 is 6.06. The topological polar surface area (TPSA) is 12.4 Å². The Morgan fingerprint density at radius 3 is 3.06 bits per heavy atom. The molecule has 0 amide bonds. The zero-order valence-corrected chi connectivity index (χ0v) is 10.4. The highest BCUT2D eigenvalue weighted by Crippen LogP contribution is 2.39. The van der Waals surface area contributed by atoms with Gasteiger partial charge in [-0.25, -0.2) is 0 Å². The molecule has 17 heavy (non-hydrogen) atoms. The van der Waals surface area contributed by atoms with E-state index in [-0.39, 0.29) is 0 Å². The van der Waals surface area contributed by atoms with Gasteiger partial charge in [0.05, 0.1) is 0 Å². The zero-order valence-electron chi connectivity index (χ0n) is 9.62. The van der Waals surface area contributed by atoms with Gasteiger partial charge in [-0.05, 0) is 53.7 Å². The zero-order chi connectivity index (χ0) is 11.8. The van der Waals surface area contributed by atoms with Crippen molar-refractivity contribution in [2.75, 3.05) is 0 Å². The van der Waals surface area contributed by atoms with Crippen molar-refractivity contribution in [3.63, 3.8) is 0 Å². The van der Waals surface area contributed by atoms with Crippen LogP contribution in [0.4, 0.5) is 0 Å². The number of fused-ring (bicyclic) bond motifs is 2. The number of allylic oxidation sites excluding steroid dienone is 2.